The van der Waals surface area contributed by atoms with Gasteiger partial charge < -0.3 is 5.11 Å². The summed E-state index contributed by atoms with van der Waals surface area (Å²) in [5.41, 5.74) is 1.32. The van der Waals surface area contributed by atoms with Gasteiger partial charge in [0, 0.05) is 22.5 Å². The first-order chi connectivity index (χ1) is 9.75. The number of aromatic nitrogens is 2. The van der Waals surface area contributed by atoms with Crippen molar-refractivity contribution in [2.24, 2.45) is 0 Å². The van der Waals surface area contributed by atoms with Crippen molar-refractivity contribution in [2.75, 3.05) is 0 Å². The van der Waals surface area contributed by atoms with Gasteiger partial charge in [0.1, 0.15) is 0 Å². The van der Waals surface area contributed by atoms with Crippen LogP contribution < -0.4 is 5.69 Å². The van der Waals surface area contributed by atoms with Gasteiger partial charge in [-0.05, 0) is 40.0 Å². The molecular formula is C16H26N2O3. The van der Waals surface area contributed by atoms with Gasteiger partial charge in [0.25, 0.3) is 0 Å². The monoisotopic (exact) mass is 294 g/mol. The summed E-state index contributed by atoms with van der Waals surface area (Å²) < 4.78 is 1.72. The Morgan fingerprint density at radius 1 is 1.24 bits per heavy atom. The van der Waals surface area contributed by atoms with Gasteiger partial charge in [-0.25, -0.2) is 4.79 Å². The lowest BCUT2D eigenvalue weighted by molar-refractivity contribution is -0.138. The number of hydrogen-bond acceptors (Lipinski definition) is 3. The van der Waals surface area contributed by atoms with E-state index in [9.17, 15) is 14.7 Å². The molecule has 0 amide bonds. The fourth-order valence-electron chi connectivity index (χ4n) is 3.31. The van der Waals surface area contributed by atoms with E-state index in [1.807, 2.05) is 6.92 Å². The minimum Gasteiger partial charge on any atom is -0.481 e. The molecule has 1 rings (SSSR count). The lowest BCUT2D eigenvalue weighted by atomic mass is 9.87. The molecule has 1 aromatic rings. The molecule has 0 saturated carbocycles. The Morgan fingerprint density at radius 3 is 2.10 bits per heavy atom. The first kappa shape index (κ1) is 17.4. The zero-order chi connectivity index (χ0) is 16.4. The van der Waals surface area contributed by atoms with Crippen LogP contribution in [0.1, 0.15) is 69.8 Å². The minimum atomic E-state index is -0.900. The third-order valence-electron chi connectivity index (χ3n) is 4.82. The first-order valence-electron chi connectivity index (χ1n) is 7.59. The number of carboxylic acid groups (broad SMARTS) is 1. The van der Waals surface area contributed by atoms with Gasteiger partial charge in [0.2, 0.25) is 0 Å². The molecule has 118 valence electrons. The number of aliphatic carboxylic acids is 1. The second-order valence-electron chi connectivity index (χ2n) is 5.66. The van der Waals surface area contributed by atoms with Crippen LogP contribution in [-0.4, -0.2) is 20.6 Å². The van der Waals surface area contributed by atoms with Crippen molar-refractivity contribution in [2.45, 2.75) is 72.3 Å². The molecule has 1 heterocycles. The van der Waals surface area contributed by atoms with E-state index in [2.05, 4.69) is 25.8 Å². The van der Waals surface area contributed by atoms with Crippen LogP contribution in [0.15, 0.2) is 4.79 Å². The maximum Gasteiger partial charge on any atom is 0.348 e. The Kier molecular flexibility index (Phi) is 5.31. The summed E-state index contributed by atoms with van der Waals surface area (Å²) in [7, 11) is 0. The molecule has 0 aliphatic heterocycles. The van der Waals surface area contributed by atoms with Gasteiger partial charge >= 0.3 is 11.7 Å². The summed E-state index contributed by atoms with van der Waals surface area (Å²) in [5, 5.41) is 9.30. The smallest absolute Gasteiger partial charge is 0.348 e. The second kappa shape index (κ2) is 6.41. The zero-order valence-electron chi connectivity index (χ0n) is 13.9. The minimum absolute atomic E-state index is 0.281. The lowest BCUT2D eigenvalue weighted by Gasteiger charge is -2.35. The van der Waals surface area contributed by atoms with Crippen molar-refractivity contribution in [1.82, 2.24) is 9.55 Å². The average Bonchev–Trinajstić information content (AvgIpc) is 2.43. The molecule has 5 nitrogen and oxygen atoms in total. The summed E-state index contributed by atoms with van der Waals surface area (Å²) in [5.74, 6) is -1.57. The molecule has 0 spiro atoms. The van der Waals surface area contributed by atoms with Gasteiger partial charge in [0.15, 0.2) is 0 Å². The Bertz CT molecular complexity index is 578. The predicted octanol–water partition coefficient (Wildman–Crippen LogP) is 2.97. The van der Waals surface area contributed by atoms with Crippen LogP contribution in [0.25, 0.3) is 0 Å². The van der Waals surface area contributed by atoms with Gasteiger partial charge in [0.05, 0.1) is 5.92 Å². The van der Waals surface area contributed by atoms with E-state index in [0.717, 1.165) is 25.0 Å². The Morgan fingerprint density at radius 2 is 1.71 bits per heavy atom. The third kappa shape index (κ3) is 2.87. The highest BCUT2D eigenvalue weighted by molar-refractivity contribution is 5.76. The van der Waals surface area contributed by atoms with E-state index in [4.69, 9.17) is 0 Å². The van der Waals surface area contributed by atoms with Gasteiger partial charge in [-0.1, -0.05) is 20.8 Å². The molecule has 1 aromatic heterocycles. The van der Waals surface area contributed by atoms with Gasteiger partial charge in [-0.3, -0.25) is 9.36 Å². The highest BCUT2D eigenvalue weighted by Gasteiger charge is 2.32. The maximum atomic E-state index is 12.4. The van der Waals surface area contributed by atoms with E-state index in [-0.39, 0.29) is 11.2 Å². The highest BCUT2D eigenvalue weighted by atomic mass is 16.4. The highest BCUT2D eigenvalue weighted by Crippen LogP contribution is 2.31. The van der Waals surface area contributed by atoms with Crippen molar-refractivity contribution in [1.29, 1.82) is 0 Å². The van der Waals surface area contributed by atoms with Crippen LogP contribution in [0.3, 0.4) is 0 Å². The summed E-state index contributed by atoms with van der Waals surface area (Å²) >= 11 is 0. The van der Waals surface area contributed by atoms with Crippen LogP contribution >= 0.6 is 0 Å². The van der Waals surface area contributed by atoms with Crippen LogP contribution in [0, 0.1) is 13.8 Å². The first-order valence-corrected chi connectivity index (χ1v) is 7.59. The fourth-order valence-corrected chi connectivity index (χ4v) is 3.31. The molecule has 0 aliphatic rings. The topological polar surface area (TPSA) is 72.2 Å². The van der Waals surface area contributed by atoms with Crippen molar-refractivity contribution in [3.8, 4) is 0 Å². The Hall–Kier alpha value is -1.65. The Labute approximate surface area is 126 Å². The molecule has 1 atom stereocenters. The number of hydrogen-bond donors (Lipinski definition) is 1. The summed E-state index contributed by atoms with van der Waals surface area (Å²) in [4.78, 5) is 27.9. The zero-order valence-corrected chi connectivity index (χ0v) is 13.9. The Balaban J connectivity index is 3.73. The molecule has 0 aromatic carbocycles. The van der Waals surface area contributed by atoms with E-state index < -0.39 is 11.9 Å². The largest absolute Gasteiger partial charge is 0.481 e. The molecule has 0 aliphatic carbocycles. The maximum absolute atomic E-state index is 12.4. The summed E-state index contributed by atoms with van der Waals surface area (Å²) in [6, 6.07) is 0. The molecular weight excluding hydrogens is 268 g/mol. The molecule has 0 saturated heterocycles. The van der Waals surface area contributed by atoms with Crippen LogP contribution in [-0.2, 0) is 10.3 Å². The summed E-state index contributed by atoms with van der Waals surface area (Å²) in [6.07, 6.45) is 2.44. The number of carbonyl (C=O) groups is 1. The lowest BCUT2D eigenvalue weighted by Crippen LogP contribution is -2.43. The molecule has 0 fully saturated rings. The van der Waals surface area contributed by atoms with Crippen LogP contribution in [0.4, 0.5) is 0 Å². The predicted molar refractivity (Wildman–Crippen MR) is 82.9 cm³/mol. The van der Waals surface area contributed by atoms with Gasteiger partial charge in [-0.15, -0.1) is 0 Å². The number of nitrogens with zero attached hydrogens (tertiary/aromatic N) is 2. The van der Waals surface area contributed by atoms with E-state index in [0.29, 0.717) is 11.3 Å². The molecule has 0 bridgehead atoms. The van der Waals surface area contributed by atoms with E-state index >= 15 is 0 Å². The summed E-state index contributed by atoms with van der Waals surface area (Å²) in [6.45, 7) is 11.3. The third-order valence-corrected chi connectivity index (χ3v) is 4.82. The molecule has 1 N–H and O–H groups in total. The normalized spacial score (nSPS) is 13.2. The van der Waals surface area contributed by atoms with E-state index in [1.54, 1.807) is 18.4 Å². The van der Waals surface area contributed by atoms with Crippen molar-refractivity contribution >= 4 is 5.97 Å². The molecule has 21 heavy (non-hydrogen) atoms. The molecule has 1 unspecified atom stereocenters. The number of rotatable bonds is 6. The average molecular weight is 294 g/mol. The molecule has 5 heteroatoms. The number of aryl methyl sites for hydroxylation is 1. The number of carboxylic acids is 1. The fraction of sp³-hybridized carbons (Fsp3) is 0.688. The van der Waals surface area contributed by atoms with Crippen molar-refractivity contribution < 1.29 is 9.90 Å². The van der Waals surface area contributed by atoms with Gasteiger partial charge in [-0.2, -0.15) is 4.98 Å². The van der Waals surface area contributed by atoms with Crippen LogP contribution in [0.5, 0.6) is 0 Å². The van der Waals surface area contributed by atoms with Crippen molar-refractivity contribution in [3.05, 3.63) is 27.4 Å². The quantitative estimate of drug-likeness (QED) is 0.875. The second-order valence-corrected chi connectivity index (χ2v) is 5.66. The standard InChI is InChI=1S/C16H26N2O3/c1-7-16(8-2,9-3)18-12(6)13(10(4)14(19)20)11(5)17-15(18)21/h10H,7-9H2,1-6H3,(H,19,20). The van der Waals surface area contributed by atoms with E-state index in [1.165, 1.54) is 0 Å². The van der Waals surface area contributed by atoms with Crippen LogP contribution in [0.2, 0.25) is 0 Å². The van der Waals surface area contributed by atoms with Crippen molar-refractivity contribution in [3.63, 3.8) is 0 Å². The molecule has 0 radical (unpaired) electrons. The SMILES string of the molecule is CCC(CC)(CC)n1c(C)c(C(C)C(=O)O)c(C)nc1=O.